The van der Waals surface area contributed by atoms with Crippen LogP contribution in [0.4, 0.5) is 11.8 Å². The molecule has 0 saturated carbocycles. The Bertz CT molecular complexity index is 300. The van der Waals surface area contributed by atoms with Crippen molar-refractivity contribution >= 4 is 11.8 Å². The molecule has 0 spiro atoms. The molecular weight excluding hydrogens is 190 g/mol. The molecule has 0 radical (unpaired) electrons. The molecule has 5 nitrogen and oxygen atoms in total. The first-order chi connectivity index (χ1) is 7.09. The van der Waals surface area contributed by atoms with Crippen molar-refractivity contribution in [2.45, 2.75) is 6.42 Å². The fraction of sp³-hybridized carbons (Fsp3) is 0.600. The fourth-order valence-corrected chi connectivity index (χ4v) is 1.32. The van der Waals surface area contributed by atoms with Gasteiger partial charge in [-0.2, -0.15) is 4.98 Å². The van der Waals surface area contributed by atoms with Crippen molar-refractivity contribution in [3.8, 4) is 0 Å². The summed E-state index contributed by atoms with van der Waals surface area (Å²) in [5.41, 5.74) is 5.52. The zero-order valence-electron chi connectivity index (χ0n) is 9.64. The van der Waals surface area contributed by atoms with Crippen molar-refractivity contribution < 1.29 is 0 Å². The third kappa shape index (κ3) is 4.12. The van der Waals surface area contributed by atoms with Gasteiger partial charge in [-0.25, -0.2) is 4.98 Å². The Morgan fingerprint density at radius 1 is 1.27 bits per heavy atom. The van der Waals surface area contributed by atoms with Crippen LogP contribution in [-0.4, -0.2) is 49.1 Å². The van der Waals surface area contributed by atoms with Crippen LogP contribution in [0.25, 0.3) is 0 Å². The fourth-order valence-electron chi connectivity index (χ4n) is 1.32. The summed E-state index contributed by atoms with van der Waals surface area (Å²) in [5.74, 6) is 1.20. The molecule has 0 saturated heterocycles. The molecule has 2 N–H and O–H groups in total. The van der Waals surface area contributed by atoms with Crippen molar-refractivity contribution in [2.75, 3.05) is 44.9 Å². The van der Waals surface area contributed by atoms with Crippen LogP contribution >= 0.6 is 0 Å². The van der Waals surface area contributed by atoms with E-state index in [-0.39, 0.29) is 0 Å². The molecule has 5 heteroatoms. The molecule has 0 aromatic carbocycles. The molecule has 1 aromatic rings. The van der Waals surface area contributed by atoms with Gasteiger partial charge in [-0.15, -0.1) is 0 Å². The van der Waals surface area contributed by atoms with E-state index in [1.165, 1.54) is 0 Å². The predicted molar refractivity (Wildman–Crippen MR) is 62.9 cm³/mol. The monoisotopic (exact) mass is 209 g/mol. The average molecular weight is 209 g/mol. The van der Waals surface area contributed by atoms with Gasteiger partial charge in [-0.05, 0) is 33.1 Å². The number of anilines is 2. The normalized spacial score (nSPS) is 10.7. The minimum atomic E-state index is 0.326. The summed E-state index contributed by atoms with van der Waals surface area (Å²) in [6.45, 7) is 2.04. The number of aromatic nitrogens is 2. The third-order valence-corrected chi connectivity index (χ3v) is 2.15. The van der Waals surface area contributed by atoms with Crippen LogP contribution in [0, 0.1) is 0 Å². The zero-order chi connectivity index (χ0) is 11.3. The lowest BCUT2D eigenvalue weighted by atomic mass is 10.3. The van der Waals surface area contributed by atoms with Crippen LogP contribution in [0.3, 0.4) is 0 Å². The average Bonchev–Trinajstić information content (AvgIpc) is 2.17. The number of hydrogen-bond acceptors (Lipinski definition) is 5. The van der Waals surface area contributed by atoms with Crippen molar-refractivity contribution in [2.24, 2.45) is 0 Å². The lowest BCUT2D eigenvalue weighted by Crippen LogP contribution is -2.24. The van der Waals surface area contributed by atoms with E-state index >= 15 is 0 Å². The summed E-state index contributed by atoms with van der Waals surface area (Å²) < 4.78 is 0. The molecule has 0 amide bonds. The van der Waals surface area contributed by atoms with Crippen LogP contribution in [-0.2, 0) is 0 Å². The van der Waals surface area contributed by atoms with Gasteiger partial charge in [0.25, 0.3) is 0 Å². The molecule has 0 unspecified atom stereocenters. The number of nitrogens with zero attached hydrogens (tertiary/aromatic N) is 4. The quantitative estimate of drug-likeness (QED) is 0.763. The van der Waals surface area contributed by atoms with E-state index in [2.05, 4.69) is 33.9 Å². The van der Waals surface area contributed by atoms with Crippen LogP contribution < -0.4 is 10.6 Å². The Balaban J connectivity index is 2.43. The van der Waals surface area contributed by atoms with Crippen LogP contribution in [0.5, 0.6) is 0 Å². The van der Waals surface area contributed by atoms with Crippen molar-refractivity contribution in [1.29, 1.82) is 0 Å². The molecule has 0 aliphatic rings. The Morgan fingerprint density at radius 3 is 2.60 bits per heavy atom. The predicted octanol–water partition coefficient (Wildman–Crippen LogP) is 0.447. The first kappa shape index (κ1) is 11.7. The highest BCUT2D eigenvalue weighted by Crippen LogP contribution is 2.08. The highest BCUT2D eigenvalue weighted by Gasteiger charge is 2.02. The summed E-state index contributed by atoms with van der Waals surface area (Å²) in [5, 5.41) is 0. The second-order valence-corrected chi connectivity index (χ2v) is 3.85. The van der Waals surface area contributed by atoms with Crippen molar-refractivity contribution in [3.63, 3.8) is 0 Å². The number of hydrogen-bond donors (Lipinski definition) is 1. The van der Waals surface area contributed by atoms with Gasteiger partial charge < -0.3 is 15.5 Å². The van der Waals surface area contributed by atoms with E-state index in [1.807, 2.05) is 13.1 Å². The van der Waals surface area contributed by atoms with E-state index in [0.717, 1.165) is 25.3 Å². The number of nitrogen functional groups attached to an aromatic ring is 1. The number of nitrogens with two attached hydrogens (primary N) is 1. The van der Waals surface area contributed by atoms with Crippen LogP contribution in [0.15, 0.2) is 12.3 Å². The van der Waals surface area contributed by atoms with Gasteiger partial charge in [0.15, 0.2) is 0 Å². The topological polar surface area (TPSA) is 58.3 Å². The highest BCUT2D eigenvalue weighted by molar-refractivity contribution is 5.39. The van der Waals surface area contributed by atoms with Crippen LogP contribution in [0.2, 0.25) is 0 Å². The van der Waals surface area contributed by atoms with Gasteiger partial charge in [0.1, 0.15) is 5.82 Å². The van der Waals surface area contributed by atoms with Crippen molar-refractivity contribution in [1.82, 2.24) is 14.9 Å². The lowest BCUT2D eigenvalue weighted by molar-refractivity contribution is 0.401. The Morgan fingerprint density at radius 2 is 2.00 bits per heavy atom. The minimum Gasteiger partial charge on any atom is -0.368 e. The third-order valence-electron chi connectivity index (χ3n) is 2.15. The Hall–Kier alpha value is -1.36. The molecule has 1 heterocycles. The molecular formula is C10H19N5. The summed E-state index contributed by atoms with van der Waals surface area (Å²) in [4.78, 5) is 12.3. The maximum Gasteiger partial charge on any atom is 0.221 e. The molecule has 1 rings (SSSR count). The van der Waals surface area contributed by atoms with Crippen LogP contribution in [0.1, 0.15) is 6.42 Å². The van der Waals surface area contributed by atoms with Gasteiger partial charge in [-0.1, -0.05) is 0 Å². The minimum absolute atomic E-state index is 0.326. The molecule has 1 aromatic heterocycles. The van der Waals surface area contributed by atoms with E-state index in [1.54, 1.807) is 6.20 Å². The molecule has 15 heavy (non-hydrogen) atoms. The van der Waals surface area contributed by atoms with Gasteiger partial charge >= 0.3 is 0 Å². The van der Waals surface area contributed by atoms with Gasteiger partial charge in [-0.3, -0.25) is 0 Å². The number of rotatable bonds is 5. The molecule has 0 atom stereocenters. The Kier molecular flexibility index (Phi) is 4.30. The van der Waals surface area contributed by atoms with Gasteiger partial charge in [0.2, 0.25) is 5.95 Å². The second kappa shape index (κ2) is 5.50. The van der Waals surface area contributed by atoms with E-state index in [9.17, 15) is 0 Å². The summed E-state index contributed by atoms with van der Waals surface area (Å²) in [6, 6.07) is 1.87. The maximum absolute atomic E-state index is 5.52. The van der Waals surface area contributed by atoms with Gasteiger partial charge in [0, 0.05) is 19.8 Å². The lowest BCUT2D eigenvalue weighted by Gasteiger charge is -2.19. The zero-order valence-corrected chi connectivity index (χ0v) is 9.64. The van der Waals surface area contributed by atoms with E-state index in [4.69, 9.17) is 5.73 Å². The first-order valence-corrected chi connectivity index (χ1v) is 5.04. The molecule has 0 aliphatic carbocycles. The van der Waals surface area contributed by atoms with Gasteiger partial charge in [0.05, 0.1) is 0 Å². The maximum atomic E-state index is 5.52. The highest BCUT2D eigenvalue weighted by atomic mass is 15.2. The van der Waals surface area contributed by atoms with E-state index < -0.39 is 0 Å². The summed E-state index contributed by atoms with van der Waals surface area (Å²) >= 11 is 0. The summed E-state index contributed by atoms with van der Waals surface area (Å²) in [7, 11) is 6.16. The molecule has 0 bridgehead atoms. The first-order valence-electron chi connectivity index (χ1n) is 5.04. The Labute approximate surface area is 90.9 Å². The smallest absolute Gasteiger partial charge is 0.221 e. The second-order valence-electron chi connectivity index (χ2n) is 3.85. The molecule has 84 valence electrons. The van der Waals surface area contributed by atoms with E-state index in [0.29, 0.717) is 5.95 Å². The standard InChI is InChI=1S/C10H19N5/c1-14(2)7-4-8-15(3)9-5-6-12-10(11)13-9/h5-6H,4,7-8H2,1-3H3,(H2,11,12,13). The molecule has 0 fully saturated rings. The largest absolute Gasteiger partial charge is 0.368 e. The SMILES string of the molecule is CN(C)CCCN(C)c1ccnc(N)n1. The van der Waals surface area contributed by atoms with Crippen molar-refractivity contribution in [3.05, 3.63) is 12.3 Å². The molecule has 0 aliphatic heterocycles. The summed E-state index contributed by atoms with van der Waals surface area (Å²) in [6.07, 6.45) is 2.79.